The van der Waals surface area contributed by atoms with E-state index in [4.69, 9.17) is 0 Å². The zero-order valence-electron chi connectivity index (χ0n) is 12.4. The average Bonchev–Trinajstić information content (AvgIpc) is 2.82. The van der Waals surface area contributed by atoms with E-state index in [0.717, 1.165) is 37.4 Å². The quantitative estimate of drug-likeness (QED) is 0.855. The van der Waals surface area contributed by atoms with Gasteiger partial charge in [0.05, 0.1) is 11.8 Å². The van der Waals surface area contributed by atoms with Gasteiger partial charge in [-0.1, -0.05) is 39.0 Å². The molecular formula is C16H28N2O. The van der Waals surface area contributed by atoms with Crippen molar-refractivity contribution in [3.8, 4) is 0 Å². The summed E-state index contributed by atoms with van der Waals surface area (Å²) in [6.07, 6.45) is 9.21. The van der Waals surface area contributed by atoms with Gasteiger partial charge < -0.3 is 5.11 Å². The first-order chi connectivity index (χ1) is 9.22. The predicted octanol–water partition coefficient (Wildman–Crippen LogP) is 3.34. The van der Waals surface area contributed by atoms with Crippen LogP contribution in [-0.2, 0) is 19.4 Å². The molecule has 1 atom stereocenters. The Kier molecular flexibility index (Phi) is 5.44. The van der Waals surface area contributed by atoms with Crippen LogP contribution in [0.2, 0.25) is 0 Å². The van der Waals surface area contributed by atoms with Crippen molar-refractivity contribution in [2.75, 3.05) is 0 Å². The Hall–Kier alpha value is -0.830. The molecule has 0 bridgehead atoms. The average molecular weight is 264 g/mol. The van der Waals surface area contributed by atoms with Crippen LogP contribution >= 0.6 is 0 Å². The minimum Gasteiger partial charge on any atom is -0.393 e. The van der Waals surface area contributed by atoms with E-state index < -0.39 is 0 Å². The van der Waals surface area contributed by atoms with Crippen LogP contribution in [-0.4, -0.2) is 21.0 Å². The number of aliphatic hydroxyl groups is 1. The molecule has 3 heteroatoms. The van der Waals surface area contributed by atoms with Gasteiger partial charge >= 0.3 is 0 Å². The SMILES string of the molecule is CCc1cc(CC(O)CC2CCCCC2)n(CC)n1. The summed E-state index contributed by atoms with van der Waals surface area (Å²) in [6, 6.07) is 2.16. The Balaban J connectivity index is 1.90. The molecule has 0 spiro atoms. The largest absolute Gasteiger partial charge is 0.393 e. The van der Waals surface area contributed by atoms with E-state index in [2.05, 4.69) is 25.0 Å². The third kappa shape index (κ3) is 4.07. The van der Waals surface area contributed by atoms with E-state index in [-0.39, 0.29) is 6.10 Å². The van der Waals surface area contributed by atoms with Crippen molar-refractivity contribution >= 4 is 0 Å². The molecule has 19 heavy (non-hydrogen) atoms. The van der Waals surface area contributed by atoms with Gasteiger partial charge in [0.2, 0.25) is 0 Å². The highest BCUT2D eigenvalue weighted by Crippen LogP contribution is 2.28. The van der Waals surface area contributed by atoms with Crippen LogP contribution in [0.5, 0.6) is 0 Å². The summed E-state index contributed by atoms with van der Waals surface area (Å²) in [4.78, 5) is 0. The van der Waals surface area contributed by atoms with E-state index in [0.29, 0.717) is 0 Å². The van der Waals surface area contributed by atoms with Crippen molar-refractivity contribution < 1.29 is 5.11 Å². The first kappa shape index (κ1) is 14.6. The fourth-order valence-corrected chi connectivity index (χ4v) is 3.26. The van der Waals surface area contributed by atoms with Crippen LogP contribution in [0.3, 0.4) is 0 Å². The van der Waals surface area contributed by atoms with E-state index >= 15 is 0 Å². The summed E-state index contributed by atoms with van der Waals surface area (Å²) in [6.45, 7) is 5.14. The molecule has 0 amide bonds. The number of aliphatic hydroxyl groups excluding tert-OH is 1. The fraction of sp³-hybridized carbons (Fsp3) is 0.812. The molecule has 108 valence electrons. The van der Waals surface area contributed by atoms with Crippen LogP contribution in [0.15, 0.2) is 6.07 Å². The highest BCUT2D eigenvalue weighted by molar-refractivity contribution is 5.11. The van der Waals surface area contributed by atoms with E-state index in [1.54, 1.807) is 0 Å². The smallest absolute Gasteiger partial charge is 0.0624 e. The topological polar surface area (TPSA) is 38.0 Å². The van der Waals surface area contributed by atoms with Crippen molar-refractivity contribution in [2.24, 2.45) is 5.92 Å². The van der Waals surface area contributed by atoms with Gasteiger partial charge in [0.15, 0.2) is 0 Å². The van der Waals surface area contributed by atoms with Gasteiger partial charge in [-0.2, -0.15) is 5.10 Å². The van der Waals surface area contributed by atoms with Gasteiger partial charge in [0.1, 0.15) is 0 Å². The van der Waals surface area contributed by atoms with Crippen molar-refractivity contribution in [3.63, 3.8) is 0 Å². The van der Waals surface area contributed by atoms with Crippen LogP contribution in [0.1, 0.15) is 63.8 Å². The summed E-state index contributed by atoms with van der Waals surface area (Å²) in [7, 11) is 0. The Bertz CT molecular complexity index is 380. The van der Waals surface area contributed by atoms with Crippen molar-refractivity contribution in [2.45, 2.75) is 77.9 Å². The van der Waals surface area contributed by atoms with Gasteiger partial charge in [-0.25, -0.2) is 0 Å². The molecule has 1 aromatic heterocycles. The second kappa shape index (κ2) is 7.09. The molecule has 1 N–H and O–H groups in total. The summed E-state index contributed by atoms with van der Waals surface area (Å²) in [5, 5.41) is 14.9. The number of rotatable bonds is 6. The number of aryl methyl sites for hydroxylation is 2. The standard InChI is InChI=1S/C16H28N2O/c1-3-14-11-15(18(4-2)17-14)12-16(19)10-13-8-6-5-7-9-13/h11,13,16,19H,3-10,12H2,1-2H3. The molecular weight excluding hydrogens is 236 g/mol. The van der Waals surface area contributed by atoms with E-state index in [1.165, 1.54) is 37.8 Å². The fourth-order valence-electron chi connectivity index (χ4n) is 3.26. The van der Waals surface area contributed by atoms with Crippen LogP contribution in [0.25, 0.3) is 0 Å². The normalized spacial score (nSPS) is 18.7. The molecule has 2 rings (SSSR count). The maximum atomic E-state index is 10.3. The lowest BCUT2D eigenvalue weighted by Crippen LogP contribution is -2.19. The molecule has 1 aliphatic carbocycles. The Morgan fingerprint density at radius 3 is 2.68 bits per heavy atom. The van der Waals surface area contributed by atoms with Gasteiger partial charge in [-0.05, 0) is 31.7 Å². The minimum absolute atomic E-state index is 0.199. The molecule has 1 fully saturated rings. The first-order valence-corrected chi connectivity index (χ1v) is 7.96. The summed E-state index contributed by atoms with van der Waals surface area (Å²) in [5.41, 5.74) is 2.34. The van der Waals surface area contributed by atoms with E-state index in [9.17, 15) is 5.11 Å². The number of nitrogens with zero attached hydrogens (tertiary/aromatic N) is 2. The molecule has 1 aliphatic rings. The molecule has 0 aliphatic heterocycles. The Labute approximate surface area is 117 Å². The predicted molar refractivity (Wildman–Crippen MR) is 78.2 cm³/mol. The Morgan fingerprint density at radius 2 is 2.05 bits per heavy atom. The second-order valence-electron chi connectivity index (χ2n) is 5.89. The van der Waals surface area contributed by atoms with Crippen LogP contribution in [0, 0.1) is 5.92 Å². The highest BCUT2D eigenvalue weighted by Gasteiger charge is 2.19. The zero-order chi connectivity index (χ0) is 13.7. The lowest BCUT2D eigenvalue weighted by molar-refractivity contribution is 0.128. The molecule has 0 radical (unpaired) electrons. The third-order valence-corrected chi connectivity index (χ3v) is 4.35. The van der Waals surface area contributed by atoms with Gasteiger partial charge in [-0.3, -0.25) is 4.68 Å². The van der Waals surface area contributed by atoms with Gasteiger partial charge in [0.25, 0.3) is 0 Å². The molecule has 0 saturated heterocycles. The molecule has 0 aromatic carbocycles. The maximum absolute atomic E-state index is 10.3. The number of hydrogen-bond donors (Lipinski definition) is 1. The number of aromatic nitrogens is 2. The van der Waals surface area contributed by atoms with Crippen molar-refractivity contribution in [1.29, 1.82) is 0 Å². The zero-order valence-corrected chi connectivity index (χ0v) is 12.4. The minimum atomic E-state index is -0.199. The monoisotopic (exact) mass is 264 g/mol. The molecule has 1 aromatic rings. The van der Waals surface area contributed by atoms with Crippen LogP contribution < -0.4 is 0 Å². The third-order valence-electron chi connectivity index (χ3n) is 4.35. The number of hydrogen-bond acceptors (Lipinski definition) is 2. The second-order valence-corrected chi connectivity index (χ2v) is 5.89. The maximum Gasteiger partial charge on any atom is 0.0624 e. The summed E-state index contributed by atoms with van der Waals surface area (Å²) >= 11 is 0. The van der Waals surface area contributed by atoms with E-state index in [1.807, 2.05) is 4.68 Å². The molecule has 3 nitrogen and oxygen atoms in total. The first-order valence-electron chi connectivity index (χ1n) is 7.96. The lowest BCUT2D eigenvalue weighted by Gasteiger charge is -2.24. The van der Waals surface area contributed by atoms with Gasteiger partial charge in [-0.15, -0.1) is 0 Å². The summed E-state index contributed by atoms with van der Waals surface area (Å²) < 4.78 is 2.04. The lowest BCUT2D eigenvalue weighted by atomic mass is 9.85. The highest BCUT2D eigenvalue weighted by atomic mass is 16.3. The van der Waals surface area contributed by atoms with Crippen LogP contribution in [0.4, 0.5) is 0 Å². The molecule has 1 heterocycles. The Morgan fingerprint density at radius 1 is 1.32 bits per heavy atom. The van der Waals surface area contributed by atoms with Gasteiger partial charge in [0, 0.05) is 18.7 Å². The van der Waals surface area contributed by atoms with Crippen molar-refractivity contribution in [3.05, 3.63) is 17.5 Å². The van der Waals surface area contributed by atoms with Crippen molar-refractivity contribution in [1.82, 2.24) is 9.78 Å². The molecule has 1 saturated carbocycles. The molecule has 1 unspecified atom stereocenters. The summed E-state index contributed by atoms with van der Waals surface area (Å²) in [5.74, 6) is 0.743.